The Labute approximate surface area is 110 Å². The van der Waals surface area contributed by atoms with E-state index in [1.165, 1.54) is 16.2 Å². The van der Waals surface area contributed by atoms with Crippen molar-refractivity contribution >= 4 is 23.2 Å². The SMILES string of the molecule is Cc1nc(C(=O)N(C)C(C)(C)CC(=O)O)c(C)s1. The van der Waals surface area contributed by atoms with Gasteiger partial charge in [0.1, 0.15) is 5.69 Å². The zero-order chi connectivity index (χ0) is 14.1. The number of amides is 1. The predicted molar refractivity (Wildman–Crippen MR) is 70.0 cm³/mol. The van der Waals surface area contributed by atoms with Gasteiger partial charge in [0.25, 0.3) is 5.91 Å². The summed E-state index contributed by atoms with van der Waals surface area (Å²) in [6, 6.07) is 0. The van der Waals surface area contributed by atoms with Crippen LogP contribution in [0.2, 0.25) is 0 Å². The van der Waals surface area contributed by atoms with Crippen molar-refractivity contribution in [3.8, 4) is 0 Å². The minimum absolute atomic E-state index is 0.0998. The fourth-order valence-corrected chi connectivity index (χ4v) is 2.46. The number of carboxylic acids is 1. The average molecular weight is 270 g/mol. The largest absolute Gasteiger partial charge is 0.481 e. The highest BCUT2D eigenvalue weighted by Gasteiger charge is 2.32. The lowest BCUT2D eigenvalue weighted by Gasteiger charge is -2.34. The van der Waals surface area contributed by atoms with Crippen molar-refractivity contribution in [2.24, 2.45) is 0 Å². The first kappa shape index (κ1) is 14.6. The topological polar surface area (TPSA) is 70.5 Å². The van der Waals surface area contributed by atoms with Crippen molar-refractivity contribution in [3.63, 3.8) is 0 Å². The third kappa shape index (κ3) is 3.07. The Bertz CT molecular complexity index is 480. The standard InChI is InChI=1S/C12H18N2O3S/c1-7-10(13-8(2)18-7)11(17)14(5)12(3,4)6-9(15)16/h6H2,1-5H3,(H,15,16). The van der Waals surface area contributed by atoms with Crippen LogP contribution in [-0.4, -0.2) is 39.5 Å². The Morgan fingerprint density at radius 2 is 1.94 bits per heavy atom. The molecule has 0 saturated heterocycles. The van der Waals surface area contributed by atoms with Gasteiger partial charge in [-0.3, -0.25) is 9.59 Å². The normalized spacial score (nSPS) is 11.4. The summed E-state index contributed by atoms with van der Waals surface area (Å²) in [6.45, 7) is 7.15. The molecule has 6 heteroatoms. The molecule has 1 aromatic heterocycles. The van der Waals surface area contributed by atoms with Crippen LogP contribution in [0, 0.1) is 13.8 Å². The molecular formula is C12H18N2O3S. The minimum Gasteiger partial charge on any atom is -0.481 e. The van der Waals surface area contributed by atoms with Crippen LogP contribution in [-0.2, 0) is 4.79 Å². The molecular weight excluding hydrogens is 252 g/mol. The number of aromatic nitrogens is 1. The Balaban J connectivity index is 2.97. The van der Waals surface area contributed by atoms with Gasteiger partial charge in [0.15, 0.2) is 0 Å². The second-order valence-corrected chi connectivity index (χ2v) is 6.29. The van der Waals surface area contributed by atoms with Gasteiger partial charge in [-0.25, -0.2) is 4.98 Å². The number of thiazole rings is 1. The van der Waals surface area contributed by atoms with E-state index < -0.39 is 11.5 Å². The summed E-state index contributed by atoms with van der Waals surface area (Å²) in [5, 5.41) is 9.69. The Kier molecular flexibility index (Phi) is 4.11. The second-order valence-electron chi connectivity index (χ2n) is 4.88. The summed E-state index contributed by atoms with van der Waals surface area (Å²) in [5.41, 5.74) is -0.328. The number of carbonyl (C=O) groups is 2. The molecule has 0 radical (unpaired) electrons. The van der Waals surface area contributed by atoms with E-state index in [0.717, 1.165) is 9.88 Å². The van der Waals surface area contributed by atoms with Gasteiger partial charge < -0.3 is 10.0 Å². The molecule has 1 aromatic rings. The highest BCUT2D eigenvalue weighted by Crippen LogP contribution is 2.23. The summed E-state index contributed by atoms with van der Waals surface area (Å²) in [6.07, 6.45) is -0.0998. The van der Waals surface area contributed by atoms with Gasteiger partial charge in [-0.1, -0.05) is 0 Å². The quantitative estimate of drug-likeness (QED) is 0.909. The fourth-order valence-electron chi connectivity index (χ4n) is 1.65. The number of nitrogens with zero attached hydrogens (tertiary/aromatic N) is 2. The van der Waals surface area contributed by atoms with E-state index in [2.05, 4.69) is 4.98 Å². The van der Waals surface area contributed by atoms with Crippen LogP contribution in [0.1, 0.15) is 40.6 Å². The van der Waals surface area contributed by atoms with Gasteiger partial charge in [-0.05, 0) is 27.7 Å². The predicted octanol–water partition coefficient (Wildman–Crippen LogP) is 2.09. The number of carbonyl (C=O) groups excluding carboxylic acids is 1. The van der Waals surface area contributed by atoms with E-state index >= 15 is 0 Å². The van der Waals surface area contributed by atoms with E-state index in [0.29, 0.717) is 5.69 Å². The zero-order valence-electron chi connectivity index (χ0n) is 11.3. The van der Waals surface area contributed by atoms with Crippen LogP contribution in [0.25, 0.3) is 0 Å². The van der Waals surface area contributed by atoms with Crippen LogP contribution in [0.5, 0.6) is 0 Å². The molecule has 0 bridgehead atoms. The molecule has 0 unspecified atom stereocenters. The first-order valence-electron chi connectivity index (χ1n) is 5.59. The minimum atomic E-state index is -0.925. The van der Waals surface area contributed by atoms with Crippen LogP contribution in [0.3, 0.4) is 0 Å². The summed E-state index contributed by atoms with van der Waals surface area (Å²) in [5.74, 6) is -1.16. The van der Waals surface area contributed by atoms with E-state index in [4.69, 9.17) is 5.11 Å². The molecule has 5 nitrogen and oxygen atoms in total. The maximum atomic E-state index is 12.3. The maximum Gasteiger partial charge on any atom is 0.305 e. The average Bonchev–Trinajstić information content (AvgIpc) is 2.53. The van der Waals surface area contributed by atoms with E-state index in [-0.39, 0.29) is 12.3 Å². The summed E-state index contributed by atoms with van der Waals surface area (Å²) >= 11 is 1.46. The van der Waals surface area contributed by atoms with Gasteiger partial charge in [0, 0.05) is 17.5 Å². The van der Waals surface area contributed by atoms with Crippen molar-refractivity contribution in [1.29, 1.82) is 0 Å². The molecule has 1 heterocycles. The molecule has 1 N–H and O–H groups in total. The second kappa shape index (κ2) is 5.06. The molecule has 0 spiro atoms. The van der Waals surface area contributed by atoms with Crippen molar-refractivity contribution in [2.75, 3.05) is 7.05 Å². The highest BCUT2D eigenvalue weighted by molar-refractivity contribution is 7.11. The lowest BCUT2D eigenvalue weighted by atomic mass is 9.98. The summed E-state index contributed by atoms with van der Waals surface area (Å²) in [7, 11) is 1.61. The van der Waals surface area contributed by atoms with E-state index in [1.54, 1.807) is 20.9 Å². The Hall–Kier alpha value is -1.43. The smallest absolute Gasteiger partial charge is 0.305 e. The van der Waals surface area contributed by atoms with E-state index in [1.807, 2.05) is 13.8 Å². The van der Waals surface area contributed by atoms with Crippen LogP contribution >= 0.6 is 11.3 Å². The van der Waals surface area contributed by atoms with Gasteiger partial charge in [0.05, 0.1) is 11.4 Å². The molecule has 0 aromatic carbocycles. The molecule has 0 saturated carbocycles. The number of rotatable bonds is 4. The molecule has 0 aliphatic heterocycles. The molecule has 0 fully saturated rings. The number of aryl methyl sites for hydroxylation is 2. The van der Waals surface area contributed by atoms with Crippen molar-refractivity contribution in [2.45, 2.75) is 39.7 Å². The molecule has 1 amide bonds. The molecule has 0 aliphatic rings. The Morgan fingerprint density at radius 1 is 1.39 bits per heavy atom. The third-order valence-corrected chi connectivity index (χ3v) is 3.79. The van der Waals surface area contributed by atoms with Crippen LogP contribution < -0.4 is 0 Å². The number of carboxylic acid groups (broad SMARTS) is 1. The molecule has 0 atom stereocenters. The number of hydrogen-bond acceptors (Lipinski definition) is 4. The van der Waals surface area contributed by atoms with Crippen molar-refractivity contribution in [3.05, 3.63) is 15.6 Å². The maximum absolute atomic E-state index is 12.3. The fraction of sp³-hybridized carbons (Fsp3) is 0.583. The lowest BCUT2D eigenvalue weighted by Crippen LogP contribution is -2.46. The van der Waals surface area contributed by atoms with Crippen molar-refractivity contribution < 1.29 is 14.7 Å². The van der Waals surface area contributed by atoms with Crippen molar-refractivity contribution in [1.82, 2.24) is 9.88 Å². The molecule has 0 aliphatic carbocycles. The zero-order valence-corrected chi connectivity index (χ0v) is 12.1. The summed E-state index contributed by atoms with van der Waals surface area (Å²) < 4.78 is 0. The first-order valence-corrected chi connectivity index (χ1v) is 6.41. The van der Waals surface area contributed by atoms with Gasteiger partial charge >= 0.3 is 5.97 Å². The molecule has 18 heavy (non-hydrogen) atoms. The molecule has 1 rings (SSSR count). The third-order valence-electron chi connectivity index (χ3n) is 2.90. The van der Waals surface area contributed by atoms with Gasteiger partial charge in [0.2, 0.25) is 0 Å². The van der Waals surface area contributed by atoms with Crippen LogP contribution in [0.15, 0.2) is 0 Å². The lowest BCUT2D eigenvalue weighted by molar-refractivity contribution is -0.139. The van der Waals surface area contributed by atoms with Crippen LogP contribution in [0.4, 0.5) is 0 Å². The first-order chi connectivity index (χ1) is 8.15. The highest BCUT2D eigenvalue weighted by atomic mass is 32.1. The van der Waals surface area contributed by atoms with Gasteiger partial charge in [-0.2, -0.15) is 0 Å². The Morgan fingerprint density at radius 3 is 2.33 bits per heavy atom. The molecule has 100 valence electrons. The monoisotopic (exact) mass is 270 g/mol. The van der Waals surface area contributed by atoms with E-state index in [9.17, 15) is 9.59 Å². The van der Waals surface area contributed by atoms with Gasteiger partial charge in [-0.15, -0.1) is 11.3 Å². The number of hydrogen-bond donors (Lipinski definition) is 1. The number of aliphatic carboxylic acids is 1. The summed E-state index contributed by atoms with van der Waals surface area (Å²) in [4.78, 5) is 29.6.